The van der Waals surface area contributed by atoms with E-state index in [1.165, 1.54) is 0 Å². The van der Waals surface area contributed by atoms with Gasteiger partial charge >= 0.3 is 0 Å². The van der Waals surface area contributed by atoms with Gasteiger partial charge in [-0.3, -0.25) is 0 Å². The molecule has 1 nitrogen and oxygen atoms in total. The van der Waals surface area contributed by atoms with Gasteiger partial charge in [0.15, 0.2) is 0 Å². The van der Waals surface area contributed by atoms with E-state index in [-0.39, 0.29) is 0 Å². The van der Waals surface area contributed by atoms with Gasteiger partial charge in [-0.05, 0) is 41.8 Å². The van der Waals surface area contributed by atoms with E-state index in [0.717, 1.165) is 26.9 Å². The van der Waals surface area contributed by atoms with Crippen LogP contribution in [-0.2, 0) is 0 Å². The fraction of sp³-hybridized carbons (Fsp3) is 0. The number of benzene rings is 3. The summed E-state index contributed by atoms with van der Waals surface area (Å²) in [6, 6.07) is 28.0. The molecule has 3 aromatic carbocycles. The summed E-state index contributed by atoms with van der Waals surface area (Å²) in [7, 11) is 0. The first-order valence-corrected chi connectivity index (χ1v) is 8.85. The molecule has 0 radical (unpaired) electrons. The largest absolute Gasteiger partial charge is 0.248 e. The lowest BCUT2D eigenvalue weighted by molar-refractivity contribution is 1.47. The van der Waals surface area contributed by atoms with Gasteiger partial charge < -0.3 is 0 Å². The van der Waals surface area contributed by atoms with E-state index in [0.29, 0.717) is 0 Å². The molecule has 0 bridgehead atoms. The highest BCUT2D eigenvalue weighted by Crippen LogP contribution is 2.23. The van der Waals surface area contributed by atoms with Gasteiger partial charge in [-0.15, -0.1) is 0 Å². The standard InChI is InChI=1S/C21H16ClNS/c22-18-10-7-13-20(16-18)24-15-14-21(17-8-3-1-4-9-17)23-19-11-5-2-6-12-19/h1-16H. The Labute approximate surface area is 151 Å². The lowest BCUT2D eigenvalue weighted by Gasteiger charge is -2.03. The zero-order valence-corrected chi connectivity index (χ0v) is 14.5. The molecule has 0 amide bonds. The van der Waals surface area contributed by atoms with Crippen molar-refractivity contribution in [1.82, 2.24) is 0 Å². The van der Waals surface area contributed by atoms with Gasteiger partial charge in [0.25, 0.3) is 0 Å². The summed E-state index contributed by atoms with van der Waals surface area (Å²) in [5.74, 6) is 0. The molecule has 0 unspecified atom stereocenters. The number of hydrogen-bond acceptors (Lipinski definition) is 2. The number of halogens is 1. The van der Waals surface area contributed by atoms with Gasteiger partial charge in [0.05, 0.1) is 11.4 Å². The zero-order chi connectivity index (χ0) is 16.6. The van der Waals surface area contributed by atoms with Crippen molar-refractivity contribution in [2.24, 2.45) is 4.99 Å². The second-order valence-corrected chi connectivity index (χ2v) is 6.49. The van der Waals surface area contributed by atoms with E-state index in [2.05, 4.69) is 12.1 Å². The normalized spacial score (nSPS) is 11.8. The Morgan fingerprint density at radius 3 is 2.25 bits per heavy atom. The minimum atomic E-state index is 0.745. The van der Waals surface area contributed by atoms with Crippen LogP contribution in [0.25, 0.3) is 0 Å². The fourth-order valence-corrected chi connectivity index (χ4v) is 3.13. The lowest BCUT2D eigenvalue weighted by Crippen LogP contribution is -1.95. The first-order valence-electron chi connectivity index (χ1n) is 7.59. The highest BCUT2D eigenvalue weighted by Gasteiger charge is 2.00. The van der Waals surface area contributed by atoms with Crippen molar-refractivity contribution in [3.05, 3.63) is 107 Å². The van der Waals surface area contributed by atoms with Gasteiger partial charge in [-0.1, -0.05) is 78.0 Å². The Hall–Kier alpha value is -2.29. The molecule has 24 heavy (non-hydrogen) atoms. The van der Waals surface area contributed by atoms with Crippen molar-refractivity contribution < 1.29 is 0 Å². The van der Waals surface area contributed by atoms with E-state index in [1.807, 2.05) is 84.3 Å². The monoisotopic (exact) mass is 349 g/mol. The third-order valence-electron chi connectivity index (χ3n) is 3.30. The predicted molar refractivity (Wildman–Crippen MR) is 106 cm³/mol. The summed E-state index contributed by atoms with van der Waals surface area (Å²) in [5.41, 5.74) is 2.95. The topological polar surface area (TPSA) is 12.4 Å². The molecule has 0 heterocycles. The maximum atomic E-state index is 6.03. The first-order chi connectivity index (χ1) is 11.8. The number of aliphatic imine (C=N–C) groups is 1. The SMILES string of the molecule is Clc1cccc(SC=CC(=Nc2ccccc2)c2ccccc2)c1. The molecular weight excluding hydrogens is 334 g/mol. The van der Waals surface area contributed by atoms with Crippen LogP contribution >= 0.6 is 23.4 Å². The predicted octanol–water partition coefficient (Wildman–Crippen LogP) is 6.77. The van der Waals surface area contributed by atoms with Gasteiger partial charge in [-0.25, -0.2) is 4.99 Å². The van der Waals surface area contributed by atoms with Crippen LogP contribution in [0.2, 0.25) is 5.02 Å². The number of allylic oxidation sites excluding steroid dienone is 1. The van der Waals surface area contributed by atoms with Crippen LogP contribution < -0.4 is 0 Å². The number of rotatable bonds is 5. The Kier molecular flexibility index (Phi) is 5.89. The molecule has 0 aliphatic carbocycles. The van der Waals surface area contributed by atoms with Crippen molar-refractivity contribution in [3.63, 3.8) is 0 Å². The van der Waals surface area contributed by atoms with Gasteiger partial charge in [0.2, 0.25) is 0 Å². The second-order valence-electron chi connectivity index (χ2n) is 5.08. The number of hydrogen-bond donors (Lipinski definition) is 0. The summed E-state index contributed by atoms with van der Waals surface area (Å²) >= 11 is 7.65. The third-order valence-corrected chi connectivity index (χ3v) is 4.33. The average molecular weight is 350 g/mol. The molecule has 0 aliphatic rings. The summed E-state index contributed by atoms with van der Waals surface area (Å²) in [6.07, 6.45) is 2.04. The maximum Gasteiger partial charge on any atom is 0.0714 e. The molecule has 3 aromatic rings. The molecule has 0 saturated heterocycles. The molecule has 0 atom stereocenters. The van der Waals surface area contributed by atoms with Gasteiger partial charge in [0.1, 0.15) is 0 Å². The van der Waals surface area contributed by atoms with Crippen molar-refractivity contribution in [2.75, 3.05) is 0 Å². The quantitative estimate of drug-likeness (QED) is 0.366. The van der Waals surface area contributed by atoms with Gasteiger partial charge in [0, 0.05) is 15.5 Å². The van der Waals surface area contributed by atoms with Crippen LogP contribution in [0.1, 0.15) is 5.56 Å². The van der Waals surface area contributed by atoms with E-state index in [9.17, 15) is 0 Å². The summed E-state index contributed by atoms with van der Waals surface area (Å²) in [5, 5.41) is 2.79. The van der Waals surface area contributed by atoms with Crippen LogP contribution in [-0.4, -0.2) is 5.71 Å². The van der Waals surface area contributed by atoms with Crippen LogP contribution in [0.5, 0.6) is 0 Å². The van der Waals surface area contributed by atoms with E-state index < -0.39 is 0 Å². The average Bonchev–Trinajstić information content (AvgIpc) is 2.63. The molecule has 0 spiro atoms. The first kappa shape index (κ1) is 16.6. The van der Waals surface area contributed by atoms with Crippen LogP contribution in [0, 0.1) is 0 Å². The molecule has 3 heteroatoms. The molecule has 118 valence electrons. The van der Waals surface area contributed by atoms with E-state index in [1.54, 1.807) is 11.8 Å². The smallest absolute Gasteiger partial charge is 0.0714 e. The number of nitrogens with zero attached hydrogens (tertiary/aromatic N) is 1. The lowest BCUT2D eigenvalue weighted by atomic mass is 10.1. The molecule has 3 rings (SSSR count). The molecule has 0 aromatic heterocycles. The van der Waals surface area contributed by atoms with E-state index in [4.69, 9.17) is 16.6 Å². The Bertz CT molecular complexity index is 842. The molecule has 0 fully saturated rings. The van der Waals surface area contributed by atoms with E-state index >= 15 is 0 Å². The highest BCUT2D eigenvalue weighted by atomic mass is 35.5. The third kappa shape index (κ3) is 4.85. The Morgan fingerprint density at radius 2 is 1.54 bits per heavy atom. The second kappa shape index (κ2) is 8.53. The van der Waals surface area contributed by atoms with Crippen LogP contribution in [0.3, 0.4) is 0 Å². The Balaban J connectivity index is 1.85. The molecule has 0 saturated carbocycles. The maximum absolute atomic E-state index is 6.03. The highest BCUT2D eigenvalue weighted by molar-refractivity contribution is 8.02. The minimum Gasteiger partial charge on any atom is -0.248 e. The van der Waals surface area contributed by atoms with Gasteiger partial charge in [-0.2, -0.15) is 0 Å². The van der Waals surface area contributed by atoms with Crippen LogP contribution in [0.4, 0.5) is 5.69 Å². The summed E-state index contributed by atoms with van der Waals surface area (Å²) in [4.78, 5) is 5.87. The van der Waals surface area contributed by atoms with Crippen molar-refractivity contribution in [1.29, 1.82) is 0 Å². The molecule has 0 aliphatic heterocycles. The minimum absolute atomic E-state index is 0.745. The summed E-state index contributed by atoms with van der Waals surface area (Å²) < 4.78 is 0. The number of thioether (sulfide) groups is 1. The number of para-hydroxylation sites is 1. The Morgan fingerprint density at radius 1 is 0.833 bits per heavy atom. The molecular formula is C21H16ClNS. The summed E-state index contributed by atoms with van der Waals surface area (Å²) in [6.45, 7) is 0. The van der Waals surface area contributed by atoms with Crippen molar-refractivity contribution in [3.8, 4) is 0 Å². The zero-order valence-electron chi connectivity index (χ0n) is 13.0. The fourth-order valence-electron chi connectivity index (χ4n) is 2.17. The molecule has 0 N–H and O–H groups in total. The van der Waals surface area contributed by atoms with Crippen molar-refractivity contribution >= 4 is 34.8 Å². The van der Waals surface area contributed by atoms with Crippen molar-refractivity contribution in [2.45, 2.75) is 4.90 Å². The van der Waals surface area contributed by atoms with Crippen LogP contribution in [0.15, 0.2) is 106 Å².